The average Bonchev–Trinajstić information content (AvgIpc) is 2.89. The summed E-state index contributed by atoms with van der Waals surface area (Å²) in [6.07, 6.45) is 3.72. The summed E-state index contributed by atoms with van der Waals surface area (Å²) >= 11 is 0. The molecule has 20 heavy (non-hydrogen) atoms. The van der Waals surface area contributed by atoms with Gasteiger partial charge in [-0.25, -0.2) is 4.98 Å². The van der Waals surface area contributed by atoms with E-state index in [0.29, 0.717) is 17.9 Å². The second-order valence-corrected chi connectivity index (χ2v) is 4.56. The quantitative estimate of drug-likeness (QED) is 0.788. The van der Waals surface area contributed by atoms with Crippen LogP contribution in [0.5, 0.6) is 0 Å². The summed E-state index contributed by atoms with van der Waals surface area (Å²) in [6.45, 7) is 0.591. The first-order chi connectivity index (χ1) is 9.76. The lowest BCUT2D eigenvalue weighted by Crippen LogP contribution is -2.03. The van der Waals surface area contributed by atoms with Gasteiger partial charge < -0.3 is 5.32 Å². The van der Waals surface area contributed by atoms with Gasteiger partial charge in [-0.05, 0) is 12.1 Å². The fourth-order valence-corrected chi connectivity index (χ4v) is 2.08. The Hall–Kier alpha value is -2.87. The van der Waals surface area contributed by atoms with E-state index in [1.165, 1.54) is 0 Å². The summed E-state index contributed by atoms with van der Waals surface area (Å²) < 4.78 is 1.75. The number of hydrogen-bond donors (Lipinski definition) is 1. The van der Waals surface area contributed by atoms with Crippen molar-refractivity contribution < 1.29 is 0 Å². The second kappa shape index (κ2) is 5.02. The highest BCUT2D eigenvalue weighted by Crippen LogP contribution is 2.20. The van der Waals surface area contributed by atoms with Crippen LogP contribution in [0.4, 0.5) is 5.82 Å². The molecule has 0 spiro atoms. The van der Waals surface area contributed by atoms with Crippen molar-refractivity contribution in [3.63, 3.8) is 0 Å². The number of nitrogens with zero attached hydrogens (tertiary/aromatic N) is 4. The van der Waals surface area contributed by atoms with Gasteiger partial charge in [-0.2, -0.15) is 10.4 Å². The standard InChI is InChI=1S/C15H13N5/c1-20-10-11(9-18-20)8-17-15-13(7-16)6-12-4-2-3-5-14(12)19-15/h2-6,9-10H,8H2,1H3,(H,17,19). The number of aryl methyl sites for hydroxylation is 1. The zero-order chi connectivity index (χ0) is 13.9. The normalized spacial score (nSPS) is 10.4. The van der Waals surface area contributed by atoms with Crippen LogP contribution in [-0.2, 0) is 13.6 Å². The first-order valence-corrected chi connectivity index (χ1v) is 6.27. The minimum Gasteiger partial charge on any atom is -0.365 e. The van der Waals surface area contributed by atoms with E-state index in [2.05, 4.69) is 21.5 Å². The smallest absolute Gasteiger partial charge is 0.144 e. The Labute approximate surface area is 116 Å². The Morgan fingerprint density at radius 3 is 2.95 bits per heavy atom. The van der Waals surface area contributed by atoms with Crippen molar-refractivity contribution in [2.24, 2.45) is 7.05 Å². The minimum atomic E-state index is 0.549. The van der Waals surface area contributed by atoms with Crippen LogP contribution in [0.2, 0.25) is 0 Å². The van der Waals surface area contributed by atoms with Crippen LogP contribution in [-0.4, -0.2) is 14.8 Å². The highest BCUT2D eigenvalue weighted by atomic mass is 15.2. The van der Waals surface area contributed by atoms with Crippen LogP contribution in [0.25, 0.3) is 10.9 Å². The van der Waals surface area contributed by atoms with E-state index in [1.54, 1.807) is 10.9 Å². The Morgan fingerprint density at radius 1 is 1.35 bits per heavy atom. The van der Waals surface area contributed by atoms with Gasteiger partial charge in [0, 0.05) is 30.7 Å². The third-order valence-corrected chi connectivity index (χ3v) is 3.06. The fraction of sp³-hybridized carbons (Fsp3) is 0.133. The maximum absolute atomic E-state index is 9.23. The van der Waals surface area contributed by atoms with E-state index in [9.17, 15) is 5.26 Å². The fourth-order valence-electron chi connectivity index (χ4n) is 2.08. The molecule has 0 bridgehead atoms. The van der Waals surface area contributed by atoms with E-state index >= 15 is 0 Å². The molecular formula is C15H13N5. The summed E-state index contributed by atoms with van der Waals surface area (Å²) in [7, 11) is 1.87. The topological polar surface area (TPSA) is 66.5 Å². The molecule has 2 aromatic heterocycles. The number of para-hydroxylation sites is 1. The van der Waals surface area contributed by atoms with Crippen LogP contribution >= 0.6 is 0 Å². The first kappa shape index (κ1) is 12.2. The largest absolute Gasteiger partial charge is 0.365 e. The van der Waals surface area contributed by atoms with E-state index < -0.39 is 0 Å². The molecule has 3 aromatic rings. The van der Waals surface area contributed by atoms with Crippen LogP contribution in [0.3, 0.4) is 0 Å². The maximum Gasteiger partial charge on any atom is 0.144 e. The molecule has 0 saturated heterocycles. The lowest BCUT2D eigenvalue weighted by Gasteiger charge is -2.07. The molecule has 5 heteroatoms. The molecule has 0 unspecified atom stereocenters. The number of nitrogens with one attached hydrogen (secondary N) is 1. The van der Waals surface area contributed by atoms with Crippen LogP contribution in [0, 0.1) is 11.3 Å². The summed E-state index contributed by atoms with van der Waals surface area (Å²) in [6, 6.07) is 11.8. The number of hydrogen-bond acceptors (Lipinski definition) is 4. The molecule has 0 aliphatic heterocycles. The van der Waals surface area contributed by atoms with E-state index in [-0.39, 0.29) is 0 Å². The zero-order valence-corrected chi connectivity index (χ0v) is 11.0. The molecule has 2 heterocycles. The highest BCUT2D eigenvalue weighted by molar-refractivity contribution is 5.82. The van der Waals surface area contributed by atoms with Gasteiger partial charge in [0.1, 0.15) is 11.9 Å². The molecule has 0 fully saturated rings. The number of nitriles is 1. The molecule has 0 amide bonds. The molecule has 1 aromatic carbocycles. The highest BCUT2D eigenvalue weighted by Gasteiger charge is 2.06. The Bertz CT molecular complexity index is 797. The Kier molecular flexibility index (Phi) is 3.05. The van der Waals surface area contributed by atoms with E-state index in [0.717, 1.165) is 16.5 Å². The van der Waals surface area contributed by atoms with E-state index in [1.807, 2.05) is 43.6 Å². The molecule has 0 radical (unpaired) electrons. The number of pyridine rings is 1. The van der Waals surface area contributed by atoms with Crippen molar-refractivity contribution in [2.45, 2.75) is 6.54 Å². The molecular weight excluding hydrogens is 250 g/mol. The third kappa shape index (κ3) is 2.31. The lowest BCUT2D eigenvalue weighted by molar-refractivity contribution is 0.767. The first-order valence-electron chi connectivity index (χ1n) is 6.27. The lowest BCUT2D eigenvalue weighted by atomic mass is 10.1. The van der Waals surface area contributed by atoms with Crippen molar-refractivity contribution in [3.8, 4) is 6.07 Å². The van der Waals surface area contributed by atoms with Crippen LogP contribution in [0.1, 0.15) is 11.1 Å². The van der Waals surface area contributed by atoms with Crippen molar-refractivity contribution in [2.75, 3.05) is 5.32 Å². The van der Waals surface area contributed by atoms with E-state index in [4.69, 9.17) is 0 Å². The van der Waals surface area contributed by atoms with Gasteiger partial charge in [0.2, 0.25) is 0 Å². The van der Waals surface area contributed by atoms with Crippen LogP contribution < -0.4 is 5.32 Å². The van der Waals surface area contributed by atoms with Gasteiger partial charge in [-0.3, -0.25) is 4.68 Å². The molecule has 98 valence electrons. The molecule has 0 aliphatic carbocycles. The van der Waals surface area contributed by atoms with Crippen molar-refractivity contribution in [1.82, 2.24) is 14.8 Å². The predicted octanol–water partition coefficient (Wildman–Crippen LogP) is 2.45. The molecule has 0 saturated carbocycles. The SMILES string of the molecule is Cn1cc(CNc2nc3ccccc3cc2C#N)cn1. The van der Waals surface area contributed by atoms with Gasteiger partial charge >= 0.3 is 0 Å². The van der Waals surface area contributed by atoms with Gasteiger partial charge in [-0.15, -0.1) is 0 Å². The summed E-state index contributed by atoms with van der Waals surface area (Å²) in [5.74, 6) is 0.607. The maximum atomic E-state index is 9.23. The molecule has 5 nitrogen and oxygen atoms in total. The molecule has 3 rings (SSSR count). The van der Waals surface area contributed by atoms with Gasteiger partial charge in [-0.1, -0.05) is 18.2 Å². The summed E-state index contributed by atoms with van der Waals surface area (Å²) in [5, 5.41) is 17.5. The number of aromatic nitrogens is 3. The van der Waals surface area contributed by atoms with Gasteiger partial charge in [0.25, 0.3) is 0 Å². The van der Waals surface area contributed by atoms with Gasteiger partial charge in [0.05, 0.1) is 17.3 Å². The Morgan fingerprint density at radius 2 is 2.20 bits per heavy atom. The number of anilines is 1. The monoisotopic (exact) mass is 263 g/mol. The molecule has 1 N–H and O–H groups in total. The van der Waals surface area contributed by atoms with Crippen LogP contribution in [0.15, 0.2) is 42.7 Å². The van der Waals surface area contributed by atoms with Crippen molar-refractivity contribution in [3.05, 3.63) is 53.9 Å². The minimum absolute atomic E-state index is 0.549. The van der Waals surface area contributed by atoms with Gasteiger partial charge in [0.15, 0.2) is 0 Å². The number of benzene rings is 1. The second-order valence-electron chi connectivity index (χ2n) is 4.56. The predicted molar refractivity (Wildman–Crippen MR) is 77.0 cm³/mol. The average molecular weight is 263 g/mol. The zero-order valence-electron chi connectivity index (χ0n) is 11.0. The van der Waals surface area contributed by atoms with Crippen molar-refractivity contribution >= 4 is 16.7 Å². The number of rotatable bonds is 3. The third-order valence-electron chi connectivity index (χ3n) is 3.06. The number of fused-ring (bicyclic) bond motifs is 1. The summed E-state index contributed by atoms with van der Waals surface area (Å²) in [5.41, 5.74) is 2.47. The molecule has 0 aliphatic rings. The molecule has 0 atom stereocenters. The Balaban J connectivity index is 1.92. The van der Waals surface area contributed by atoms with Crippen molar-refractivity contribution in [1.29, 1.82) is 5.26 Å². The summed E-state index contributed by atoms with van der Waals surface area (Å²) in [4.78, 5) is 4.51.